The summed E-state index contributed by atoms with van der Waals surface area (Å²) in [5.74, 6) is 2.60. The molecule has 8 heteroatoms. The number of amides is 2. The van der Waals surface area contributed by atoms with Gasteiger partial charge in [-0.1, -0.05) is 0 Å². The Kier molecular flexibility index (Phi) is 6.74. The Morgan fingerprint density at radius 2 is 1.68 bits per heavy atom. The van der Waals surface area contributed by atoms with Gasteiger partial charge in [0, 0.05) is 56.7 Å². The van der Waals surface area contributed by atoms with E-state index in [4.69, 9.17) is 9.72 Å². The third-order valence-electron chi connectivity index (χ3n) is 5.78. The molecule has 2 amide bonds. The van der Waals surface area contributed by atoms with E-state index in [1.807, 2.05) is 49.1 Å². The van der Waals surface area contributed by atoms with Crippen LogP contribution in [0.1, 0.15) is 31.9 Å². The van der Waals surface area contributed by atoms with Crippen LogP contribution in [0.4, 0.5) is 22.2 Å². The smallest absolute Gasteiger partial charge is 0.321 e. The minimum Gasteiger partial charge on any atom is -0.494 e. The summed E-state index contributed by atoms with van der Waals surface area (Å²) in [5, 5.41) is 2.98. The number of benzene rings is 1. The SMILES string of the molecule is CCOc1ccc(NC(=O)N2CCN(c3cc(C)nc(N4CCCCC4)n3)CC2)cc1. The summed E-state index contributed by atoms with van der Waals surface area (Å²) in [6, 6.07) is 9.44. The first-order chi connectivity index (χ1) is 15.1. The molecular formula is C23H32N6O2. The third-order valence-corrected chi connectivity index (χ3v) is 5.78. The van der Waals surface area contributed by atoms with Crippen LogP contribution in [0, 0.1) is 6.92 Å². The minimum absolute atomic E-state index is 0.0725. The first-order valence-corrected chi connectivity index (χ1v) is 11.3. The molecule has 166 valence electrons. The molecule has 0 bridgehead atoms. The van der Waals surface area contributed by atoms with Crippen molar-refractivity contribution in [2.45, 2.75) is 33.1 Å². The van der Waals surface area contributed by atoms with E-state index in [-0.39, 0.29) is 6.03 Å². The summed E-state index contributed by atoms with van der Waals surface area (Å²) < 4.78 is 5.45. The molecule has 31 heavy (non-hydrogen) atoms. The largest absolute Gasteiger partial charge is 0.494 e. The Morgan fingerprint density at radius 3 is 2.35 bits per heavy atom. The number of aryl methyl sites for hydroxylation is 1. The van der Waals surface area contributed by atoms with Gasteiger partial charge >= 0.3 is 6.03 Å². The van der Waals surface area contributed by atoms with E-state index < -0.39 is 0 Å². The fourth-order valence-corrected chi connectivity index (χ4v) is 4.08. The second-order valence-electron chi connectivity index (χ2n) is 8.08. The normalized spacial score (nSPS) is 16.9. The number of ether oxygens (including phenoxy) is 1. The van der Waals surface area contributed by atoms with Crippen LogP contribution < -0.4 is 19.9 Å². The van der Waals surface area contributed by atoms with Crippen LogP contribution in [0.5, 0.6) is 5.75 Å². The molecule has 4 rings (SSSR count). The fraction of sp³-hybridized carbons (Fsp3) is 0.522. The number of carbonyl (C=O) groups excluding carboxylic acids is 1. The average molecular weight is 425 g/mol. The van der Waals surface area contributed by atoms with Crippen LogP contribution in [-0.4, -0.2) is 66.8 Å². The Labute approximate surface area is 184 Å². The lowest BCUT2D eigenvalue weighted by Gasteiger charge is -2.36. The van der Waals surface area contributed by atoms with Crippen molar-refractivity contribution in [3.05, 3.63) is 36.0 Å². The van der Waals surface area contributed by atoms with Crippen molar-refractivity contribution in [2.24, 2.45) is 0 Å². The number of hydrogen-bond donors (Lipinski definition) is 1. The van der Waals surface area contributed by atoms with Crippen LogP contribution in [0.25, 0.3) is 0 Å². The summed E-state index contributed by atoms with van der Waals surface area (Å²) in [6.07, 6.45) is 3.69. The van der Waals surface area contributed by atoms with Crippen molar-refractivity contribution in [1.82, 2.24) is 14.9 Å². The monoisotopic (exact) mass is 424 g/mol. The molecule has 1 N–H and O–H groups in total. The number of nitrogens with one attached hydrogen (secondary N) is 1. The number of anilines is 3. The molecule has 0 radical (unpaired) electrons. The van der Waals surface area contributed by atoms with E-state index in [0.717, 1.165) is 55.1 Å². The van der Waals surface area contributed by atoms with Crippen molar-refractivity contribution < 1.29 is 9.53 Å². The Bertz CT molecular complexity index is 874. The maximum Gasteiger partial charge on any atom is 0.321 e. The molecule has 2 fully saturated rings. The van der Waals surface area contributed by atoms with Gasteiger partial charge in [0.25, 0.3) is 0 Å². The van der Waals surface area contributed by atoms with Gasteiger partial charge in [0.05, 0.1) is 6.61 Å². The molecule has 2 saturated heterocycles. The van der Waals surface area contributed by atoms with Crippen molar-refractivity contribution in [1.29, 1.82) is 0 Å². The highest BCUT2D eigenvalue weighted by atomic mass is 16.5. The Hall–Kier alpha value is -3.03. The molecule has 1 aromatic carbocycles. The highest BCUT2D eigenvalue weighted by Gasteiger charge is 2.23. The highest BCUT2D eigenvalue weighted by molar-refractivity contribution is 5.89. The molecule has 2 aromatic rings. The predicted octanol–water partition coefficient (Wildman–Crippen LogP) is 3.53. The summed E-state index contributed by atoms with van der Waals surface area (Å²) in [5.41, 5.74) is 1.76. The summed E-state index contributed by atoms with van der Waals surface area (Å²) in [4.78, 5) is 28.6. The molecule has 2 aliphatic heterocycles. The molecule has 0 atom stereocenters. The zero-order valence-corrected chi connectivity index (χ0v) is 18.5. The number of carbonyl (C=O) groups is 1. The van der Waals surface area contributed by atoms with E-state index in [2.05, 4.69) is 20.1 Å². The van der Waals surface area contributed by atoms with E-state index in [1.54, 1.807) is 0 Å². The van der Waals surface area contributed by atoms with Crippen molar-refractivity contribution in [3.8, 4) is 5.75 Å². The average Bonchev–Trinajstić information content (AvgIpc) is 2.81. The molecule has 0 spiro atoms. The maximum absolute atomic E-state index is 12.7. The van der Waals surface area contributed by atoms with Crippen LogP contribution in [-0.2, 0) is 0 Å². The van der Waals surface area contributed by atoms with Gasteiger partial charge in [0.15, 0.2) is 0 Å². The zero-order chi connectivity index (χ0) is 21.6. The van der Waals surface area contributed by atoms with E-state index >= 15 is 0 Å². The van der Waals surface area contributed by atoms with Gasteiger partial charge < -0.3 is 24.8 Å². The molecule has 0 saturated carbocycles. The van der Waals surface area contributed by atoms with Gasteiger partial charge in [-0.3, -0.25) is 0 Å². The molecule has 8 nitrogen and oxygen atoms in total. The lowest BCUT2D eigenvalue weighted by Crippen LogP contribution is -2.50. The van der Waals surface area contributed by atoms with Crippen LogP contribution in [0.2, 0.25) is 0 Å². The van der Waals surface area contributed by atoms with Gasteiger partial charge in [-0.05, 0) is 57.4 Å². The van der Waals surface area contributed by atoms with Crippen molar-refractivity contribution in [2.75, 3.05) is 61.0 Å². The van der Waals surface area contributed by atoms with Gasteiger partial charge in [-0.15, -0.1) is 0 Å². The molecular weight excluding hydrogens is 392 g/mol. The molecule has 2 aliphatic rings. The first-order valence-electron chi connectivity index (χ1n) is 11.3. The number of piperidine rings is 1. The molecule has 3 heterocycles. The Balaban J connectivity index is 1.34. The van der Waals surface area contributed by atoms with Gasteiger partial charge in [0.1, 0.15) is 11.6 Å². The van der Waals surface area contributed by atoms with Gasteiger partial charge in [-0.2, -0.15) is 4.98 Å². The van der Waals surface area contributed by atoms with Crippen LogP contribution in [0.3, 0.4) is 0 Å². The number of hydrogen-bond acceptors (Lipinski definition) is 6. The summed E-state index contributed by atoms with van der Waals surface area (Å²) in [7, 11) is 0. The topological polar surface area (TPSA) is 73.8 Å². The Morgan fingerprint density at radius 1 is 0.968 bits per heavy atom. The maximum atomic E-state index is 12.7. The quantitative estimate of drug-likeness (QED) is 0.792. The number of urea groups is 1. The van der Waals surface area contributed by atoms with Crippen LogP contribution in [0.15, 0.2) is 30.3 Å². The van der Waals surface area contributed by atoms with Crippen molar-refractivity contribution in [3.63, 3.8) is 0 Å². The lowest BCUT2D eigenvalue weighted by molar-refractivity contribution is 0.208. The minimum atomic E-state index is -0.0725. The number of rotatable bonds is 5. The first kappa shape index (κ1) is 21.2. The highest BCUT2D eigenvalue weighted by Crippen LogP contribution is 2.22. The van der Waals surface area contributed by atoms with Crippen LogP contribution >= 0.6 is 0 Å². The summed E-state index contributed by atoms with van der Waals surface area (Å²) >= 11 is 0. The lowest BCUT2D eigenvalue weighted by atomic mass is 10.1. The second-order valence-corrected chi connectivity index (χ2v) is 8.08. The number of nitrogens with zero attached hydrogens (tertiary/aromatic N) is 5. The molecule has 0 aliphatic carbocycles. The van der Waals surface area contributed by atoms with E-state index in [9.17, 15) is 4.79 Å². The standard InChI is InChI=1S/C23H32N6O2/c1-3-31-20-9-7-19(8-10-20)25-23(30)29-15-13-27(14-16-29)21-17-18(2)24-22(26-21)28-11-5-4-6-12-28/h7-10,17H,3-6,11-16H2,1-2H3,(H,25,30). The van der Waals surface area contributed by atoms with Gasteiger partial charge in [0.2, 0.25) is 5.95 Å². The molecule has 1 aromatic heterocycles. The second kappa shape index (κ2) is 9.85. The van der Waals surface area contributed by atoms with E-state index in [1.165, 1.54) is 19.3 Å². The fourth-order valence-electron chi connectivity index (χ4n) is 4.08. The third kappa shape index (κ3) is 5.37. The molecule has 0 unspecified atom stereocenters. The zero-order valence-electron chi connectivity index (χ0n) is 18.5. The summed E-state index contributed by atoms with van der Waals surface area (Å²) in [6.45, 7) is 9.49. The number of aromatic nitrogens is 2. The van der Waals surface area contributed by atoms with Crippen molar-refractivity contribution >= 4 is 23.5 Å². The number of piperazine rings is 1. The predicted molar refractivity (Wildman–Crippen MR) is 123 cm³/mol. The van der Waals surface area contributed by atoms with Gasteiger partial charge in [-0.25, -0.2) is 9.78 Å². The van der Waals surface area contributed by atoms with E-state index in [0.29, 0.717) is 19.7 Å².